The molecule has 1 heterocycles. The maximum atomic E-state index is 5.70. The lowest BCUT2D eigenvalue weighted by molar-refractivity contribution is 0.0167. The maximum Gasteiger partial charge on any atom is 0.124 e. The van der Waals surface area contributed by atoms with Gasteiger partial charge < -0.3 is 14.8 Å². The zero-order chi connectivity index (χ0) is 13.3. The van der Waals surface area contributed by atoms with Gasteiger partial charge in [0.2, 0.25) is 0 Å². The van der Waals surface area contributed by atoms with Gasteiger partial charge in [-0.3, -0.25) is 0 Å². The average molecular weight is 261 g/mol. The molecule has 1 aliphatic rings. The van der Waals surface area contributed by atoms with Crippen LogP contribution >= 0.6 is 0 Å². The van der Waals surface area contributed by atoms with E-state index in [0.717, 1.165) is 25.4 Å². The Bertz CT molecular complexity index is 386. The van der Waals surface area contributed by atoms with E-state index < -0.39 is 0 Å². The number of nitrogens with one attached hydrogen (secondary N) is 1. The molecular weight excluding hydrogens is 238 g/mol. The van der Waals surface area contributed by atoms with Crippen LogP contribution in [0.4, 0.5) is 0 Å². The van der Waals surface area contributed by atoms with Gasteiger partial charge in [0.1, 0.15) is 12.4 Å². The summed E-state index contributed by atoms with van der Waals surface area (Å²) in [4.78, 5) is 0. The highest BCUT2D eigenvalue weighted by Gasteiger charge is 2.13. The number of ether oxygens (including phenoxy) is 2. The Morgan fingerprint density at radius 2 is 2.26 bits per heavy atom. The first-order chi connectivity index (χ1) is 9.40. The molecule has 0 spiro atoms. The first kappa shape index (κ1) is 14.1. The number of para-hydroxylation sites is 1. The highest BCUT2D eigenvalue weighted by Crippen LogP contribution is 2.18. The van der Waals surface area contributed by atoms with E-state index in [-0.39, 0.29) is 0 Å². The van der Waals surface area contributed by atoms with Gasteiger partial charge in [0.25, 0.3) is 0 Å². The lowest BCUT2D eigenvalue weighted by Crippen LogP contribution is -2.31. The van der Waals surface area contributed by atoms with Gasteiger partial charge in [-0.2, -0.15) is 0 Å². The summed E-state index contributed by atoms with van der Waals surface area (Å²) in [6, 6.07) is 8.12. The van der Waals surface area contributed by atoms with E-state index in [2.05, 4.69) is 18.0 Å². The summed E-state index contributed by atoms with van der Waals surface area (Å²) in [6.45, 7) is 6.85. The third-order valence-corrected chi connectivity index (χ3v) is 3.29. The molecule has 3 nitrogen and oxygen atoms in total. The topological polar surface area (TPSA) is 30.5 Å². The van der Waals surface area contributed by atoms with Gasteiger partial charge in [0.15, 0.2) is 0 Å². The first-order valence-electron chi connectivity index (χ1n) is 7.04. The highest BCUT2D eigenvalue weighted by molar-refractivity contribution is 5.33. The van der Waals surface area contributed by atoms with Crippen molar-refractivity contribution in [2.75, 3.05) is 19.8 Å². The summed E-state index contributed by atoms with van der Waals surface area (Å²) >= 11 is 0. The monoisotopic (exact) mass is 261 g/mol. The molecule has 0 saturated carbocycles. The second-order valence-electron chi connectivity index (χ2n) is 4.83. The fourth-order valence-corrected chi connectivity index (χ4v) is 2.28. The average Bonchev–Trinajstić information content (AvgIpc) is 2.47. The zero-order valence-corrected chi connectivity index (χ0v) is 11.4. The normalized spacial score (nSPS) is 19.1. The largest absolute Gasteiger partial charge is 0.489 e. The molecule has 1 unspecified atom stereocenters. The molecule has 1 aliphatic heterocycles. The van der Waals surface area contributed by atoms with Gasteiger partial charge in [-0.1, -0.05) is 30.9 Å². The molecule has 1 aromatic rings. The molecule has 1 saturated heterocycles. The van der Waals surface area contributed by atoms with Gasteiger partial charge in [0.05, 0.1) is 6.10 Å². The van der Waals surface area contributed by atoms with E-state index in [1.54, 1.807) is 6.08 Å². The van der Waals surface area contributed by atoms with Crippen LogP contribution in [0.5, 0.6) is 5.75 Å². The molecule has 1 N–H and O–H groups in total. The molecule has 1 aromatic carbocycles. The van der Waals surface area contributed by atoms with Crippen LogP contribution in [0.15, 0.2) is 36.9 Å². The summed E-state index contributed by atoms with van der Waals surface area (Å²) in [6.07, 6.45) is 5.79. The Hall–Kier alpha value is -1.32. The lowest BCUT2D eigenvalue weighted by Gasteiger charge is -2.23. The van der Waals surface area contributed by atoms with E-state index in [4.69, 9.17) is 9.47 Å². The molecule has 0 aromatic heterocycles. The van der Waals surface area contributed by atoms with Crippen LogP contribution < -0.4 is 10.1 Å². The van der Waals surface area contributed by atoms with E-state index in [0.29, 0.717) is 12.7 Å². The fraction of sp³-hybridized carbons (Fsp3) is 0.500. The third-order valence-electron chi connectivity index (χ3n) is 3.29. The molecule has 0 bridgehead atoms. The van der Waals surface area contributed by atoms with Crippen molar-refractivity contribution in [1.29, 1.82) is 0 Å². The molecule has 3 heteroatoms. The third kappa shape index (κ3) is 4.69. The summed E-state index contributed by atoms with van der Waals surface area (Å²) in [7, 11) is 0. The molecule has 0 aliphatic carbocycles. The summed E-state index contributed by atoms with van der Waals surface area (Å²) < 4.78 is 11.3. The second kappa shape index (κ2) is 7.97. The minimum absolute atomic E-state index is 0.370. The summed E-state index contributed by atoms with van der Waals surface area (Å²) in [5.74, 6) is 0.930. The number of hydrogen-bond acceptors (Lipinski definition) is 3. The van der Waals surface area contributed by atoms with Crippen molar-refractivity contribution < 1.29 is 9.47 Å². The second-order valence-corrected chi connectivity index (χ2v) is 4.83. The lowest BCUT2D eigenvalue weighted by atomic mass is 10.1. The smallest absolute Gasteiger partial charge is 0.124 e. The molecule has 19 heavy (non-hydrogen) atoms. The minimum atomic E-state index is 0.370. The van der Waals surface area contributed by atoms with Crippen molar-refractivity contribution in [3.8, 4) is 5.75 Å². The molecule has 1 atom stereocenters. The minimum Gasteiger partial charge on any atom is -0.489 e. The van der Waals surface area contributed by atoms with E-state index in [1.165, 1.54) is 24.8 Å². The Morgan fingerprint density at radius 1 is 1.37 bits per heavy atom. The van der Waals surface area contributed by atoms with Crippen molar-refractivity contribution >= 4 is 0 Å². The van der Waals surface area contributed by atoms with Crippen molar-refractivity contribution in [1.82, 2.24) is 5.32 Å². The van der Waals surface area contributed by atoms with Gasteiger partial charge >= 0.3 is 0 Å². The van der Waals surface area contributed by atoms with Crippen LogP contribution in [0.3, 0.4) is 0 Å². The van der Waals surface area contributed by atoms with Crippen molar-refractivity contribution in [3.63, 3.8) is 0 Å². The van der Waals surface area contributed by atoms with Crippen molar-refractivity contribution in [2.45, 2.75) is 31.9 Å². The van der Waals surface area contributed by atoms with Gasteiger partial charge in [-0.15, -0.1) is 0 Å². The van der Waals surface area contributed by atoms with Crippen LogP contribution in [0, 0.1) is 0 Å². The molecule has 0 radical (unpaired) electrons. The number of rotatable bonds is 7. The first-order valence-corrected chi connectivity index (χ1v) is 7.04. The molecule has 104 valence electrons. The Balaban J connectivity index is 1.79. The molecule has 0 amide bonds. The Kier molecular flexibility index (Phi) is 5.92. The number of benzene rings is 1. The number of hydrogen-bond donors (Lipinski definition) is 1. The SMILES string of the molecule is C=CCOc1ccccc1CNCC1CCCCO1. The van der Waals surface area contributed by atoms with Crippen molar-refractivity contribution in [2.24, 2.45) is 0 Å². The quantitative estimate of drug-likeness (QED) is 0.766. The van der Waals surface area contributed by atoms with Gasteiger partial charge in [-0.25, -0.2) is 0 Å². The Labute approximate surface area is 115 Å². The summed E-state index contributed by atoms with van der Waals surface area (Å²) in [5, 5.41) is 3.46. The van der Waals surface area contributed by atoms with Crippen LogP contribution in [-0.4, -0.2) is 25.9 Å². The highest BCUT2D eigenvalue weighted by atomic mass is 16.5. The van der Waals surface area contributed by atoms with Crippen LogP contribution in [0.1, 0.15) is 24.8 Å². The fourth-order valence-electron chi connectivity index (χ4n) is 2.28. The maximum absolute atomic E-state index is 5.70. The van der Waals surface area contributed by atoms with Crippen LogP contribution in [0.25, 0.3) is 0 Å². The van der Waals surface area contributed by atoms with Crippen LogP contribution in [-0.2, 0) is 11.3 Å². The standard InChI is InChI=1S/C16H23NO2/c1-2-10-19-16-9-4-3-7-14(16)12-17-13-15-8-5-6-11-18-15/h2-4,7,9,15,17H,1,5-6,8,10-13H2. The molecule has 1 fully saturated rings. The van der Waals surface area contributed by atoms with Crippen LogP contribution in [0.2, 0.25) is 0 Å². The predicted octanol–water partition coefficient (Wildman–Crippen LogP) is 2.91. The summed E-state index contributed by atoms with van der Waals surface area (Å²) in [5.41, 5.74) is 1.18. The molecular formula is C16H23NO2. The van der Waals surface area contributed by atoms with Gasteiger partial charge in [-0.05, 0) is 25.3 Å². The van der Waals surface area contributed by atoms with E-state index in [9.17, 15) is 0 Å². The van der Waals surface area contributed by atoms with E-state index >= 15 is 0 Å². The van der Waals surface area contributed by atoms with E-state index in [1.807, 2.05) is 18.2 Å². The van der Waals surface area contributed by atoms with Gasteiger partial charge in [0, 0.05) is 25.3 Å². The predicted molar refractivity (Wildman–Crippen MR) is 77.4 cm³/mol. The zero-order valence-electron chi connectivity index (χ0n) is 11.4. The van der Waals surface area contributed by atoms with Crippen molar-refractivity contribution in [3.05, 3.63) is 42.5 Å². The Morgan fingerprint density at radius 3 is 3.05 bits per heavy atom. The molecule has 2 rings (SSSR count).